The van der Waals surface area contributed by atoms with Gasteiger partial charge in [-0.25, -0.2) is 9.97 Å². The summed E-state index contributed by atoms with van der Waals surface area (Å²) in [7, 11) is 1.87. The predicted octanol–water partition coefficient (Wildman–Crippen LogP) is 4.16. The smallest absolute Gasteiger partial charge is 0.227 e. The SMILES string of the molecule is CCOc1ccc2nc(N3CCCC(C(=O)N(C)Cc4ccc5nccnc5c4)C3)nc(C)c2c1. The molecule has 0 spiro atoms. The second-order valence-corrected chi connectivity index (χ2v) is 9.08. The molecule has 3 heterocycles. The Hall–Kier alpha value is -3.81. The third kappa shape index (κ3) is 4.87. The van der Waals surface area contributed by atoms with Crippen LogP contribution >= 0.6 is 0 Å². The van der Waals surface area contributed by atoms with Crippen LogP contribution in [0.4, 0.5) is 5.95 Å². The van der Waals surface area contributed by atoms with E-state index in [0.717, 1.165) is 58.3 Å². The molecule has 1 fully saturated rings. The van der Waals surface area contributed by atoms with Crippen molar-refractivity contribution in [1.29, 1.82) is 0 Å². The largest absolute Gasteiger partial charge is 0.494 e. The zero-order valence-corrected chi connectivity index (χ0v) is 20.4. The number of nitrogens with zero attached hydrogens (tertiary/aromatic N) is 6. The standard InChI is InChI=1S/C27H30N6O2/c1-4-35-21-8-10-23-22(15-21)18(2)30-27(31-23)33-13-5-6-20(17-33)26(34)32(3)16-19-7-9-24-25(14-19)29-12-11-28-24/h7-12,14-15,20H,4-6,13,16-17H2,1-3H3. The van der Waals surface area contributed by atoms with Gasteiger partial charge >= 0.3 is 0 Å². The Bertz CT molecular complexity index is 1370. The summed E-state index contributed by atoms with van der Waals surface area (Å²) in [5.74, 6) is 1.57. The molecule has 1 unspecified atom stereocenters. The maximum Gasteiger partial charge on any atom is 0.227 e. The highest BCUT2D eigenvalue weighted by Crippen LogP contribution is 2.27. The van der Waals surface area contributed by atoms with Gasteiger partial charge in [0, 0.05) is 44.5 Å². The second-order valence-electron chi connectivity index (χ2n) is 9.08. The van der Waals surface area contributed by atoms with Crippen molar-refractivity contribution in [3.63, 3.8) is 0 Å². The number of ether oxygens (including phenoxy) is 1. The van der Waals surface area contributed by atoms with E-state index in [0.29, 0.717) is 25.6 Å². The highest BCUT2D eigenvalue weighted by Gasteiger charge is 2.29. The van der Waals surface area contributed by atoms with Crippen molar-refractivity contribution < 1.29 is 9.53 Å². The predicted molar refractivity (Wildman–Crippen MR) is 136 cm³/mol. The van der Waals surface area contributed by atoms with Gasteiger partial charge in [-0.2, -0.15) is 0 Å². The molecule has 0 radical (unpaired) electrons. The van der Waals surface area contributed by atoms with Gasteiger partial charge in [0.25, 0.3) is 0 Å². The van der Waals surface area contributed by atoms with Gasteiger partial charge < -0.3 is 14.5 Å². The summed E-state index contributed by atoms with van der Waals surface area (Å²) in [6.45, 7) is 6.59. The van der Waals surface area contributed by atoms with Gasteiger partial charge in [-0.1, -0.05) is 6.07 Å². The number of carbonyl (C=O) groups is 1. The first kappa shape index (κ1) is 23.0. The maximum atomic E-state index is 13.3. The molecule has 2 aromatic carbocycles. The van der Waals surface area contributed by atoms with Crippen LogP contribution in [0.1, 0.15) is 31.0 Å². The average Bonchev–Trinajstić information content (AvgIpc) is 2.88. The quantitative estimate of drug-likeness (QED) is 0.418. The van der Waals surface area contributed by atoms with Crippen molar-refractivity contribution in [3.05, 3.63) is 60.0 Å². The molecule has 1 aliphatic rings. The lowest BCUT2D eigenvalue weighted by atomic mass is 9.96. The third-order valence-corrected chi connectivity index (χ3v) is 6.54. The van der Waals surface area contributed by atoms with Crippen LogP contribution < -0.4 is 9.64 Å². The first-order chi connectivity index (χ1) is 17.0. The summed E-state index contributed by atoms with van der Waals surface area (Å²) in [5.41, 5.74) is 4.54. The molecule has 0 aliphatic carbocycles. The van der Waals surface area contributed by atoms with Gasteiger partial charge in [-0.05, 0) is 62.6 Å². The number of carbonyl (C=O) groups excluding carboxylic acids is 1. The van der Waals surface area contributed by atoms with E-state index < -0.39 is 0 Å². The number of rotatable bonds is 6. The van der Waals surface area contributed by atoms with Crippen LogP contribution in [-0.4, -0.2) is 57.5 Å². The highest BCUT2D eigenvalue weighted by atomic mass is 16.5. The van der Waals surface area contributed by atoms with Crippen LogP contribution in [0, 0.1) is 12.8 Å². The number of benzene rings is 2. The van der Waals surface area contributed by atoms with E-state index >= 15 is 0 Å². The number of hydrogen-bond acceptors (Lipinski definition) is 7. The first-order valence-corrected chi connectivity index (χ1v) is 12.1. The summed E-state index contributed by atoms with van der Waals surface area (Å²) in [4.78, 5) is 35.6. The number of amides is 1. The number of fused-ring (bicyclic) bond motifs is 2. The van der Waals surface area contributed by atoms with Gasteiger partial charge in [0.05, 0.1) is 34.8 Å². The van der Waals surface area contributed by atoms with Crippen molar-refractivity contribution in [2.45, 2.75) is 33.2 Å². The molecule has 0 bridgehead atoms. The van der Waals surface area contributed by atoms with Crippen LogP contribution in [0.5, 0.6) is 5.75 Å². The zero-order valence-electron chi connectivity index (χ0n) is 20.4. The lowest BCUT2D eigenvalue weighted by Crippen LogP contribution is -2.44. The molecule has 1 amide bonds. The average molecular weight is 471 g/mol. The van der Waals surface area contributed by atoms with Gasteiger partial charge in [-0.3, -0.25) is 14.8 Å². The van der Waals surface area contributed by atoms with E-state index in [2.05, 4.69) is 14.9 Å². The molecule has 1 aliphatic heterocycles. The number of aryl methyl sites for hydroxylation is 1. The number of piperidine rings is 1. The summed E-state index contributed by atoms with van der Waals surface area (Å²) >= 11 is 0. The maximum absolute atomic E-state index is 13.3. The molecule has 35 heavy (non-hydrogen) atoms. The molecule has 1 atom stereocenters. The number of hydrogen-bond donors (Lipinski definition) is 0. The molecule has 2 aromatic heterocycles. The summed E-state index contributed by atoms with van der Waals surface area (Å²) in [6.07, 6.45) is 5.17. The fraction of sp³-hybridized carbons (Fsp3) is 0.370. The van der Waals surface area contributed by atoms with E-state index in [9.17, 15) is 4.79 Å². The Kier molecular flexibility index (Phi) is 6.44. The lowest BCUT2D eigenvalue weighted by Gasteiger charge is -2.34. The Morgan fingerprint density at radius 1 is 1.09 bits per heavy atom. The molecule has 0 N–H and O–H groups in total. The Balaban J connectivity index is 1.30. The Labute approximate surface area is 205 Å². The fourth-order valence-electron chi connectivity index (χ4n) is 4.77. The van der Waals surface area contributed by atoms with Gasteiger partial charge in [0.15, 0.2) is 0 Å². The molecular weight excluding hydrogens is 440 g/mol. The van der Waals surface area contributed by atoms with Crippen LogP contribution in [0.15, 0.2) is 48.8 Å². The fourth-order valence-corrected chi connectivity index (χ4v) is 4.77. The summed E-state index contributed by atoms with van der Waals surface area (Å²) in [5, 5.41) is 0.990. The van der Waals surface area contributed by atoms with Crippen molar-refractivity contribution in [2.24, 2.45) is 5.92 Å². The van der Waals surface area contributed by atoms with Crippen LogP contribution in [0.3, 0.4) is 0 Å². The lowest BCUT2D eigenvalue weighted by molar-refractivity contribution is -0.135. The van der Waals surface area contributed by atoms with Gasteiger partial charge in [0.2, 0.25) is 11.9 Å². The molecule has 1 saturated heterocycles. The van der Waals surface area contributed by atoms with Crippen molar-refractivity contribution in [1.82, 2.24) is 24.8 Å². The third-order valence-electron chi connectivity index (χ3n) is 6.54. The minimum atomic E-state index is -0.0890. The summed E-state index contributed by atoms with van der Waals surface area (Å²) in [6, 6.07) is 11.9. The van der Waals surface area contributed by atoms with E-state index in [-0.39, 0.29) is 11.8 Å². The minimum Gasteiger partial charge on any atom is -0.494 e. The van der Waals surface area contributed by atoms with Gasteiger partial charge in [-0.15, -0.1) is 0 Å². The molecular formula is C27H30N6O2. The van der Waals surface area contributed by atoms with E-state index in [1.54, 1.807) is 12.4 Å². The van der Waals surface area contributed by atoms with Crippen LogP contribution in [-0.2, 0) is 11.3 Å². The molecule has 180 valence electrons. The van der Waals surface area contributed by atoms with E-state index in [1.807, 2.05) is 62.2 Å². The number of anilines is 1. The first-order valence-electron chi connectivity index (χ1n) is 12.1. The molecule has 0 saturated carbocycles. The molecule has 8 nitrogen and oxygen atoms in total. The van der Waals surface area contributed by atoms with E-state index in [1.165, 1.54) is 0 Å². The zero-order chi connectivity index (χ0) is 24.4. The van der Waals surface area contributed by atoms with Crippen LogP contribution in [0.2, 0.25) is 0 Å². The topological polar surface area (TPSA) is 84.3 Å². The van der Waals surface area contributed by atoms with E-state index in [4.69, 9.17) is 14.7 Å². The Morgan fingerprint density at radius 3 is 2.71 bits per heavy atom. The highest BCUT2D eigenvalue weighted by molar-refractivity contribution is 5.84. The number of aromatic nitrogens is 4. The molecule has 5 rings (SSSR count). The second kappa shape index (κ2) is 9.82. The Morgan fingerprint density at radius 2 is 1.89 bits per heavy atom. The van der Waals surface area contributed by atoms with Crippen molar-refractivity contribution >= 4 is 33.8 Å². The summed E-state index contributed by atoms with van der Waals surface area (Å²) < 4.78 is 5.63. The molecule has 4 aromatic rings. The monoisotopic (exact) mass is 470 g/mol. The molecule has 8 heteroatoms. The van der Waals surface area contributed by atoms with Crippen LogP contribution in [0.25, 0.3) is 21.9 Å². The normalized spacial score (nSPS) is 16.0. The van der Waals surface area contributed by atoms with Crippen molar-refractivity contribution in [3.8, 4) is 5.75 Å². The minimum absolute atomic E-state index is 0.0890. The van der Waals surface area contributed by atoms with Crippen molar-refractivity contribution in [2.75, 3.05) is 31.6 Å². The van der Waals surface area contributed by atoms with Gasteiger partial charge in [0.1, 0.15) is 5.75 Å².